The van der Waals surface area contributed by atoms with E-state index in [1.54, 1.807) is 6.08 Å². The average molecular weight is 257 g/mol. The third kappa shape index (κ3) is 2.79. The average Bonchev–Trinajstić information content (AvgIpc) is 2.91. The summed E-state index contributed by atoms with van der Waals surface area (Å²) in [6.45, 7) is 4.47. The summed E-state index contributed by atoms with van der Waals surface area (Å²) in [6.07, 6.45) is 8.39. The second-order valence-corrected chi connectivity index (χ2v) is 5.58. The first-order valence-electron chi connectivity index (χ1n) is 7.45. The molecule has 0 saturated heterocycles. The zero-order chi connectivity index (χ0) is 13.7. The van der Waals surface area contributed by atoms with E-state index in [0.29, 0.717) is 5.92 Å². The quantitative estimate of drug-likeness (QED) is 0.555. The highest BCUT2D eigenvalue weighted by molar-refractivity contribution is 5.39. The molecule has 0 radical (unpaired) electrons. The van der Waals surface area contributed by atoms with E-state index in [-0.39, 0.29) is 5.54 Å². The van der Waals surface area contributed by atoms with Gasteiger partial charge in [0.2, 0.25) is 6.08 Å². The summed E-state index contributed by atoms with van der Waals surface area (Å²) in [7, 11) is 0. The Labute approximate surface area is 115 Å². The highest BCUT2D eigenvalue weighted by atomic mass is 16.1. The molecule has 0 unspecified atom stereocenters. The van der Waals surface area contributed by atoms with E-state index in [1.807, 2.05) is 0 Å². The normalized spacial score (nSPS) is 17.4. The van der Waals surface area contributed by atoms with Gasteiger partial charge in [-0.05, 0) is 42.7 Å². The van der Waals surface area contributed by atoms with Crippen LogP contribution >= 0.6 is 0 Å². The van der Waals surface area contributed by atoms with Crippen LogP contribution in [0.4, 0.5) is 0 Å². The van der Waals surface area contributed by atoms with Crippen molar-refractivity contribution in [1.29, 1.82) is 0 Å². The first-order chi connectivity index (χ1) is 9.25. The monoisotopic (exact) mass is 257 g/mol. The molecule has 0 aromatic heterocycles. The third-order valence-electron chi connectivity index (χ3n) is 4.60. The fourth-order valence-corrected chi connectivity index (χ4v) is 3.34. The van der Waals surface area contributed by atoms with Crippen molar-refractivity contribution < 1.29 is 4.79 Å². The van der Waals surface area contributed by atoms with E-state index in [2.05, 4.69) is 43.1 Å². The number of isocyanates is 1. The molecule has 102 valence electrons. The van der Waals surface area contributed by atoms with Crippen LogP contribution in [0.3, 0.4) is 0 Å². The number of carbonyl (C=O) groups excluding carboxylic acids is 1. The van der Waals surface area contributed by atoms with Gasteiger partial charge >= 0.3 is 0 Å². The van der Waals surface area contributed by atoms with Gasteiger partial charge in [0.05, 0.1) is 5.54 Å². The zero-order valence-electron chi connectivity index (χ0n) is 12.0. The Bertz CT molecular complexity index is 447. The van der Waals surface area contributed by atoms with Crippen LogP contribution in [0, 0.1) is 0 Å². The maximum Gasteiger partial charge on any atom is 0.235 e. The molecule has 0 heterocycles. The molecule has 0 bridgehead atoms. The number of hydrogen-bond acceptors (Lipinski definition) is 2. The molecule has 2 rings (SSSR count). The SMILES string of the molecule is CCC(CC)c1ccc(C2(N=C=O)CCCC2)cc1. The van der Waals surface area contributed by atoms with E-state index in [9.17, 15) is 4.79 Å². The molecule has 0 amide bonds. The Morgan fingerprint density at radius 2 is 1.74 bits per heavy atom. The summed E-state index contributed by atoms with van der Waals surface area (Å²) < 4.78 is 0. The van der Waals surface area contributed by atoms with Crippen LogP contribution in [0.1, 0.15) is 69.4 Å². The van der Waals surface area contributed by atoms with E-state index >= 15 is 0 Å². The highest BCUT2D eigenvalue weighted by Gasteiger charge is 2.35. The van der Waals surface area contributed by atoms with Crippen LogP contribution in [0.25, 0.3) is 0 Å². The predicted molar refractivity (Wildman–Crippen MR) is 78.0 cm³/mol. The number of aliphatic imine (C=N–C) groups is 1. The fourth-order valence-electron chi connectivity index (χ4n) is 3.34. The summed E-state index contributed by atoms with van der Waals surface area (Å²) in [4.78, 5) is 14.9. The molecule has 2 nitrogen and oxygen atoms in total. The highest BCUT2D eigenvalue weighted by Crippen LogP contribution is 2.42. The number of hydrogen-bond donors (Lipinski definition) is 0. The zero-order valence-corrected chi connectivity index (χ0v) is 12.0. The Hall–Kier alpha value is -1.40. The lowest BCUT2D eigenvalue weighted by atomic mass is 9.86. The lowest BCUT2D eigenvalue weighted by Crippen LogP contribution is -2.18. The summed E-state index contributed by atoms with van der Waals surface area (Å²) in [6, 6.07) is 8.76. The first kappa shape index (κ1) is 14.0. The number of rotatable bonds is 5. The standard InChI is InChI=1S/C17H23NO/c1-3-14(4-2)15-7-9-16(10-8-15)17(18-13-19)11-5-6-12-17/h7-10,14H,3-6,11-12H2,1-2H3. The molecule has 0 spiro atoms. The van der Waals surface area contributed by atoms with Crippen molar-refractivity contribution >= 4 is 6.08 Å². The molecule has 1 aliphatic carbocycles. The minimum Gasteiger partial charge on any atom is -0.211 e. The largest absolute Gasteiger partial charge is 0.235 e. The molecular weight excluding hydrogens is 234 g/mol. The van der Waals surface area contributed by atoms with Gasteiger partial charge in [-0.1, -0.05) is 51.0 Å². The Kier molecular flexibility index (Phi) is 4.55. The van der Waals surface area contributed by atoms with E-state index in [1.165, 1.54) is 24.0 Å². The first-order valence-corrected chi connectivity index (χ1v) is 7.45. The lowest BCUT2D eigenvalue weighted by Gasteiger charge is -2.23. The van der Waals surface area contributed by atoms with Crippen molar-refractivity contribution in [2.75, 3.05) is 0 Å². The minimum absolute atomic E-state index is 0.284. The molecule has 0 N–H and O–H groups in total. The Balaban J connectivity index is 2.28. The fraction of sp³-hybridized carbons (Fsp3) is 0.588. The van der Waals surface area contributed by atoms with Crippen molar-refractivity contribution in [1.82, 2.24) is 0 Å². The van der Waals surface area contributed by atoms with Gasteiger partial charge in [0.15, 0.2) is 0 Å². The molecule has 1 aromatic carbocycles. The predicted octanol–water partition coefficient (Wildman–Crippen LogP) is 4.70. The van der Waals surface area contributed by atoms with Gasteiger partial charge < -0.3 is 0 Å². The summed E-state index contributed by atoms with van der Waals surface area (Å²) in [5.74, 6) is 0.642. The number of nitrogens with zero attached hydrogens (tertiary/aromatic N) is 1. The summed E-state index contributed by atoms with van der Waals surface area (Å²) >= 11 is 0. The number of benzene rings is 1. The van der Waals surface area contributed by atoms with Crippen LogP contribution in [0.15, 0.2) is 29.3 Å². The molecule has 1 aliphatic rings. The van der Waals surface area contributed by atoms with Gasteiger partial charge in [0.25, 0.3) is 0 Å². The van der Waals surface area contributed by atoms with Crippen LogP contribution in [-0.2, 0) is 10.3 Å². The molecule has 2 heteroatoms. The summed E-state index contributed by atoms with van der Waals surface area (Å²) in [5, 5.41) is 0. The van der Waals surface area contributed by atoms with Gasteiger partial charge in [-0.15, -0.1) is 0 Å². The molecular formula is C17H23NO. The Morgan fingerprint density at radius 3 is 2.21 bits per heavy atom. The topological polar surface area (TPSA) is 29.4 Å². The molecule has 1 saturated carbocycles. The van der Waals surface area contributed by atoms with Crippen LogP contribution in [0.5, 0.6) is 0 Å². The Morgan fingerprint density at radius 1 is 1.16 bits per heavy atom. The van der Waals surface area contributed by atoms with Crippen molar-refractivity contribution in [3.63, 3.8) is 0 Å². The molecule has 1 aromatic rings. The van der Waals surface area contributed by atoms with Crippen molar-refractivity contribution in [2.24, 2.45) is 4.99 Å². The van der Waals surface area contributed by atoms with Gasteiger partial charge in [-0.3, -0.25) is 0 Å². The summed E-state index contributed by atoms with van der Waals surface area (Å²) in [5.41, 5.74) is 2.30. The smallest absolute Gasteiger partial charge is 0.211 e. The maximum atomic E-state index is 10.7. The molecule has 0 aliphatic heterocycles. The van der Waals surface area contributed by atoms with Gasteiger partial charge in [0.1, 0.15) is 0 Å². The van der Waals surface area contributed by atoms with Crippen molar-refractivity contribution in [3.05, 3.63) is 35.4 Å². The second-order valence-electron chi connectivity index (χ2n) is 5.58. The second kappa shape index (κ2) is 6.16. The van der Waals surface area contributed by atoms with Crippen molar-refractivity contribution in [3.8, 4) is 0 Å². The third-order valence-corrected chi connectivity index (χ3v) is 4.60. The van der Waals surface area contributed by atoms with E-state index < -0.39 is 0 Å². The molecule has 1 fully saturated rings. The van der Waals surface area contributed by atoms with Crippen LogP contribution in [0.2, 0.25) is 0 Å². The van der Waals surface area contributed by atoms with Crippen LogP contribution in [-0.4, -0.2) is 6.08 Å². The van der Waals surface area contributed by atoms with E-state index in [0.717, 1.165) is 25.7 Å². The molecule has 19 heavy (non-hydrogen) atoms. The minimum atomic E-state index is -0.284. The van der Waals surface area contributed by atoms with Gasteiger partial charge in [-0.2, -0.15) is 4.99 Å². The van der Waals surface area contributed by atoms with Gasteiger partial charge in [-0.25, -0.2) is 4.79 Å². The van der Waals surface area contributed by atoms with Gasteiger partial charge in [0, 0.05) is 0 Å². The van der Waals surface area contributed by atoms with Crippen molar-refractivity contribution in [2.45, 2.75) is 63.8 Å². The molecule has 0 atom stereocenters. The lowest BCUT2D eigenvalue weighted by molar-refractivity contribution is 0.455. The van der Waals surface area contributed by atoms with E-state index in [4.69, 9.17) is 0 Å². The maximum absolute atomic E-state index is 10.7. The van der Waals surface area contributed by atoms with Crippen LogP contribution < -0.4 is 0 Å².